The van der Waals surface area contributed by atoms with Crippen LogP contribution in [0.4, 0.5) is 0 Å². The Bertz CT molecular complexity index is 32.0. The molecule has 0 aromatic rings. The molecule has 1 unspecified atom stereocenters. The van der Waals surface area contributed by atoms with Gasteiger partial charge in [-0.25, -0.2) is 0 Å². The normalized spacial score (nSPS) is 14.5. The van der Waals surface area contributed by atoms with Crippen LogP contribution in [0.25, 0.3) is 0 Å². The van der Waals surface area contributed by atoms with E-state index in [1.807, 2.05) is 6.92 Å². The fourth-order valence-corrected chi connectivity index (χ4v) is 1.06. The van der Waals surface area contributed by atoms with Gasteiger partial charge in [-0.3, -0.25) is 0 Å². The lowest BCUT2D eigenvalue weighted by atomic mass is 10.6. The SMILES string of the molecule is CCCP(O)Cl. The summed E-state index contributed by atoms with van der Waals surface area (Å²) in [6.07, 6.45) is 1.74. The molecule has 0 saturated heterocycles. The maximum absolute atomic E-state index is 8.38. The number of rotatable bonds is 2. The summed E-state index contributed by atoms with van der Waals surface area (Å²) in [5, 5.41) is 0. The van der Waals surface area contributed by atoms with Crippen LogP contribution in [0.5, 0.6) is 0 Å². The Morgan fingerprint density at radius 1 is 1.83 bits per heavy atom. The Labute approximate surface area is 43.9 Å². The summed E-state index contributed by atoms with van der Waals surface area (Å²) in [5.74, 6) is 0. The van der Waals surface area contributed by atoms with Crippen molar-refractivity contribution >= 4 is 18.7 Å². The van der Waals surface area contributed by atoms with Crippen LogP contribution in [0.1, 0.15) is 13.3 Å². The molecule has 0 rings (SSSR count). The van der Waals surface area contributed by atoms with Crippen LogP contribution in [0, 0.1) is 0 Å². The minimum absolute atomic E-state index is 0.761. The van der Waals surface area contributed by atoms with Gasteiger partial charge in [0.1, 0.15) is 7.50 Å². The molecule has 0 aliphatic heterocycles. The molecule has 6 heavy (non-hydrogen) atoms. The van der Waals surface area contributed by atoms with E-state index in [1.165, 1.54) is 0 Å². The Balaban J connectivity index is 2.63. The van der Waals surface area contributed by atoms with Crippen molar-refractivity contribution in [1.29, 1.82) is 0 Å². The zero-order valence-electron chi connectivity index (χ0n) is 3.69. The van der Waals surface area contributed by atoms with E-state index in [2.05, 4.69) is 0 Å². The van der Waals surface area contributed by atoms with Crippen molar-refractivity contribution in [3.8, 4) is 0 Å². The van der Waals surface area contributed by atoms with Gasteiger partial charge in [0.05, 0.1) is 0 Å². The minimum Gasteiger partial charge on any atom is -0.359 e. The van der Waals surface area contributed by atoms with E-state index < -0.39 is 7.50 Å². The van der Waals surface area contributed by atoms with E-state index in [9.17, 15) is 0 Å². The van der Waals surface area contributed by atoms with Crippen LogP contribution in [0.15, 0.2) is 0 Å². The van der Waals surface area contributed by atoms with Crippen LogP contribution in [0.2, 0.25) is 0 Å². The largest absolute Gasteiger partial charge is 0.359 e. The molecular formula is C3H8ClOP. The van der Waals surface area contributed by atoms with Crippen LogP contribution in [-0.4, -0.2) is 11.1 Å². The first kappa shape index (κ1) is 6.68. The monoisotopic (exact) mass is 126 g/mol. The van der Waals surface area contributed by atoms with Crippen LogP contribution in [-0.2, 0) is 0 Å². The second-order valence-electron chi connectivity index (χ2n) is 1.06. The first-order chi connectivity index (χ1) is 2.77. The molecule has 1 N–H and O–H groups in total. The summed E-state index contributed by atoms with van der Waals surface area (Å²) >= 11 is 5.20. The van der Waals surface area contributed by atoms with Gasteiger partial charge in [0, 0.05) is 6.16 Å². The summed E-state index contributed by atoms with van der Waals surface area (Å²) < 4.78 is 0. The highest BCUT2D eigenvalue weighted by atomic mass is 35.7. The second kappa shape index (κ2) is 3.86. The summed E-state index contributed by atoms with van der Waals surface area (Å²) in [6, 6.07) is 0. The van der Waals surface area contributed by atoms with Crippen molar-refractivity contribution in [2.75, 3.05) is 6.16 Å². The van der Waals surface area contributed by atoms with Crippen molar-refractivity contribution in [1.82, 2.24) is 0 Å². The highest BCUT2D eigenvalue weighted by Crippen LogP contribution is 2.35. The lowest BCUT2D eigenvalue weighted by Gasteiger charge is -1.92. The molecule has 0 radical (unpaired) electrons. The first-order valence-corrected chi connectivity index (χ1v) is 4.28. The van der Waals surface area contributed by atoms with E-state index in [4.69, 9.17) is 16.1 Å². The van der Waals surface area contributed by atoms with E-state index in [-0.39, 0.29) is 0 Å². The lowest BCUT2D eigenvalue weighted by molar-refractivity contribution is 0.637. The quantitative estimate of drug-likeness (QED) is 0.561. The molecule has 38 valence electrons. The van der Waals surface area contributed by atoms with Gasteiger partial charge in [-0.15, -0.1) is 0 Å². The average molecular weight is 127 g/mol. The molecule has 0 heterocycles. The Hall–Kier alpha value is 0.680. The average Bonchev–Trinajstić information content (AvgIpc) is 1.35. The maximum atomic E-state index is 8.38. The molecule has 0 aromatic carbocycles. The lowest BCUT2D eigenvalue weighted by Crippen LogP contribution is -1.69. The molecule has 1 nitrogen and oxygen atoms in total. The third-order valence-corrected chi connectivity index (χ3v) is 1.73. The summed E-state index contributed by atoms with van der Waals surface area (Å²) in [5.41, 5.74) is 0. The third kappa shape index (κ3) is 4.68. The van der Waals surface area contributed by atoms with Gasteiger partial charge in [-0.1, -0.05) is 18.2 Å². The number of hydrogen-bond acceptors (Lipinski definition) is 1. The van der Waals surface area contributed by atoms with Gasteiger partial charge in [0.2, 0.25) is 0 Å². The highest BCUT2D eigenvalue weighted by molar-refractivity contribution is 7.79. The highest BCUT2D eigenvalue weighted by Gasteiger charge is 1.90. The predicted molar refractivity (Wildman–Crippen MR) is 30.1 cm³/mol. The zero-order valence-corrected chi connectivity index (χ0v) is 5.34. The van der Waals surface area contributed by atoms with E-state index in [1.54, 1.807) is 0 Å². The molecule has 3 heteroatoms. The van der Waals surface area contributed by atoms with Crippen molar-refractivity contribution in [3.05, 3.63) is 0 Å². The van der Waals surface area contributed by atoms with E-state index in [0.717, 1.165) is 12.6 Å². The van der Waals surface area contributed by atoms with Gasteiger partial charge in [-0.2, -0.15) is 0 Å². The number of hydrogen-bond donors (Lipinski definition) is 1. The predicted octanol–water partition coefficient (Wildman–Crippen LogP) is 1.94. The van der Waals surface area contributed by atoms with Gasteiger partial charge in [0.15, 0.2) is 0 Å². The molecule has 0 aliphatic carbocycles. The minimum atomic E-state index is -1.13. The van der Waals surface area contributed by atoms with Crippen molar-refractivity contribution in [3.63, 3.8) is 0 Å². The standard InChI is InChI=1S/C3H8ClOP/c1-2-3-6(4)5/h5H,2-3H2,1H3. The summed E-state index contributed by atoms with van der Waals surface area (Å²) in [6.45, 7) is 1.99. The summed E-state index contributed by atoms with van der Waals surface area (Å²) in [7, 11) is -1.13. The topological polar surface area (TPSA) is 20.2 Å². The van der Waals surface area contributed by atoms with Crippen molar-refractivity contribution in [2.45, 2.75) is 13.3 Å². The third-order valence-electron chi connectivity index (χ3n) is 0.408. The molecule has 1 atom stereocenters. The fraction of sp³-hybridized carbons (Fsp3) is 1.00. The Morgan fingerprint density at radius 2 is 2.33 bits per heavy atom. The molecule has 0 amide bonds. The van der Waals surface area contributed by atoms with Gasteiger partial charge in [0.25, 0.3) is 0 Å². The molecule has 0 aliphatic rings. The Morgan fingerprint density at radius 3 is 2.33 bits per heavy atom. The van der Waals surface area contributed by atoms with E-state index >= 15 is 0 Å². The van der Waals surface area contributed by atoms with Crippen LogP contribution >= 0.6 is 18.7 Å². The smallest absolute Gasteiger partial charge is 0.121 e. The number of halogens is 1. The molecule has 0 bridgehead atoms. The fourth-order valence-electron chi connectivity index (χ4n) is 0.185. The molecule has 0 aromatic heterocycles. The summed E-state index contributed by atoms with van der Waals surface area (Å²) in [4.78, 5) is 8.38. The Kier molecular flexibility index (Phi) is 4.29. The van der Waals surface area contributed by atoms with Gasteiger partial charge in [-0.05, 0) is 6.42 Å². The van der Waals surface area contributed by atoms with Crippen LogP contribution in [0.3, 0.4) is 0 Å². The molecular weight excluding hydrogens is 118 g/mol. The van der Waals surface area contributed by atoms with E-state index in [0.29, 0.717) is 0 Å². The first-order valence-electron chi connectivity index (χ1n) is 1.89. The van der Waals surface area contributed by atoms with Crippen LogP contribution < -0.4 is 0 Å². The molecule has 0 fully saturated rings. The molecule has 0 spiro atoms. The molecule has 0 saturated carbocycles. The van der Waals surface area contributed by atoms with Gasteiger partial charge < -0.3 is 4.89 Å². The zero-order chi connectivity index (χ0) is 4.99. The van der Waals surface area contributed by atoms with Crippen molar-refractivity contribution in [2.24, 2.45) is 0 Å². The second-order valence-corrected chi connectivity index (χ2v) is 3.35. The van der Waals surface area contributed by atoms with Gasteiger partial charge >= 0.3 is 0 Å². The maximum Gasteiger partial charge on any atom is 0.121 e. The van der Waals surface area contributed by atoms with Crippen molar-refractivity contribution < 1.29 is 4.89 Å².